The highest BCUT2D eigenvalue weighted by atomic mass is 16.2. The lowest BCUT2D eigenvalue weighted by atomic mass is 10.3. The Bertz CT molecular complexity index is 488. The molecule has 2 rings (SSSR count). The van der Waals surface area contributed by atoms with Gasteiger partial charge < -0.3 is 15.1 Å². The van der Waals surface area contributed by atoms with Gasteiger partial charge in [-0.15, -0.1) is 0 Å². The third-order valence-electron chi connectivity index (χ3n) is 3.14. The van der Waals surface area contributed by atoms with E-state index < -0.39 is 11.8 Å². The molecule has 0 bridgehead atoms. The zero-order valence-electron chi connectivity index (χ0n) is 11.8. The number of hydrogen-bond acceptors (Lipinski definition) is 5. The molecule has 2 heterocycles. The van der Waals surface area contributed by atoms with E-state index in [1.165, 1.54) is 9.80 Å². The van der Waals surface area contributed by atoms with Gasteiger partial charge in [0.1, 0.15) is 5.82 Å². The van der Waals surface area contributed by atoms with Crippen LogP contribution in [0.4, 0.5) is 5.82 Å². The van der Waals surface area contributed by atoms with Gasteiger partial charge in [0.25, 0.3) is 0 Å². The predicted molar refractivity (Wildman–Crippen MR) is 73.9 cm³/mol. The van der Waals surface area contributed by atoms with Gasteiger partial charge in [0.15, 0.2) is 0 Å². The molecule has 0 radical (unpaired) electrons. The van der Waals surface area contributed by atoms with Crippen molar-refractivity contribution in [3.63, 3.8) is 0 Å². The highest BCUT2D eigenvalue weighted by molar-refractivity contribution is 6.35. The fourth-order valence-corrected chi connectivity index (χ4v) is 1.90. The molecule has 0 saturated carbocycles. The van der Waals surface area contributed by atoms with Crippen LogP contribution in [0.25, 0.3) is 0 Å². The summed E-state index contributed by atoms with van der Waals surface area (Å²) in [5.74, 6) is -0.226. The van der Waals surface area contributed by atoms with Crippen molar-refractivity contribution in [3.05, 3.63) is 18.1 Å². The third kappa shape index (κ3) is 3.23. The molecule has 1 aromatic rings. The van der Waals surface area contributed by atoms with Crippen LogP contribution in [0.1, 0.15) is 19.0 Å². The van der Waals surface area contributed by atoms with Crippen molar-refractivity contribution >= 4 is 17.6 Å². The molecule has 1 fully saturated rings. The van der Waals surface area contributed by atoms with Crippen molar-refractivity contribution < 1.29 is 9.59 Å². The van der Waals surface area contributed by atoms with Crippen molar-refractivity contribution in [1.82, 2.24) is 19.8 Å². The standard InChI is InChI=1S/C13H19N5O2/c1-3-4-14-11-8-15-10(7-16-11)9-18-6-5-17(2)12(19)13(18)20/h7-8H,3-6,9H2,1-2H3,(H,14,16). The smallest absolute Gasteiger partial charge is 0.312 e. The lowest BCUT2D eigenvalue weighted by Crippen LogP contribution is -2.52. The molecule has 20 heavy (non-hydrogen) atoms. The van der Waals surface area contributed by atoms with Crippen molar-refractivity contribution in [2.75, 3.05) is 32.0 Å². The van der Waals surface area contributed by atoms with Gasteiger partial charge in [0.2, 0.25) is 0 Å². The lowest BCUT2D eigenvalue weighted by molar-refractivity contribution is -0.155. The third-order valence-corrected chi connectivity index (χ3v) is 3.14. The summed E-state index contributed by atoms with van der Waals surface area (Å²) in [5.41, 5.74) is 0.678. The first-order valence-corrected chi connectivity index (χ1v) is 6.71. The highest BCUT2D eigenvalue weighted by Gasteiger charge is 2.30. The van der Waals surface area contributed by atoms with Crippen LogP contribution >= 0.6 is 0 Å². The molecular formula is C13H19N5O2. The number of amides is 2. The molecule has 0 aliphatic carbocycles. The highest BCUT2D eigenvalue weighted by Crippen LogP contribution is 2.08. The van der Waals surface area contributed by atoms with E-state index in [0.29, 0.717) is 25.3 Å². The summed E-state index contributed by atoms with van der Waals surface area (Å²) in [6.45, 7) is 4.32. The second-order valence-corrected chi connectivity index (χ2v) is 4.77. The summed E-state index contributed by atoms with van der Waals surface area (Å²) in [7, 11) is 1.63. The maximum absolute atomic E-state index is 11.8. The number of anilines is 1. The van der Waals surface area contributed by atoms with Gasteiger partial charge in [-0.3, -0.25) is 14.6 Å². The van der Waals surface area contributed by atoms with Crippen molar-refractivity contribution in [1.29, 1.82) is 0 Å². The maximum Gasteiger partial charge on any atom is 0.312 e. The largest absolute Gasteiger partial charge is 0.369 e. The van der Waals surface area contributed by atoms with Crippen LogP contribution in [0.5, 0.6) is 0 Å². The number of hydrogen-bond donors (Lipinski definition) is 1. The lowest BCUT2D eigenvalue weighted by Gasteiger charge is -2.31. The van der Waals surface area contributed by atoms with Gasteiger partial charge in [-0.25, -0.2) is 4.98 Å². The second kappa shape index (κ2) is 6.31. The Labute approximate surface area is 118 Å². The van der Waals surface area contributed by atoms with Crippen LogP contribution < -0.4 is 5.32 Å². The van der Waals surface area contributed by atoms with Crippen LogP contribution in [0.3, 0.4) is 0 Å². The van der Waals surface area contributed by atoms with Crippen LogP contribution in [0.2, 0.25) is 0 Å². The van der Waals surface area contributed by atoms with Crippen LogP contribution in [0, 0.1) is 0 Å². The first-order valence-electron chi connectivity index (χ1n) is 6.71. The number of rotatable bonds is 5. The molecule has 108 valence electrons. The molecule has 0 aromatic carbocycles. The molecule has 0 unspecified atom stereocenters. The number of nitrogens with zero attached hydrogens (tertiary/aromatic N) is 4. The van der Waals surface area contributed by atoms with E-state index in [4.69, 9.17) is 0 Å². The second-order valence-electron chi connectivity index (χ2n) is 4.77. The molecule has 0 atom stereocenters. The average Bonchev–Trinajstić information content (AvgIpc) is 2.47. The van der Waals surface area contributed by atoms with Gasteiger partial charge in [-0.05, 0) is 6.42 Å². The molecule has 1 N–H and O–H groups in total. The Kier molecular flexibility index (Phi) is 4.49. The molecule has 1 aliphatic heterocycles. The summed E-state index contributed by atoms with van der Waals surface area (Å²) in [4.78, 5) is 34.8. The predicted octanol–water partition coefficient (Wildman–Crippen LogP) is 0.0991. The zero-order valence-corrected chi connectivity index (χ0v) is 11.8. The molecular weight excluding hydrogens is 258 g/mol. The van der Waals surface area contributed by atoms with E-state index in [0.717, 1.165) is 18.8 Å². The Balaban J connectivity index is 1.96. The fraction of sp³-hybridized carbons (Fsp3) is 0.538. The quantitative estimate of drug-likeness (QED) is 0.772. The first kappa shape index (κ1) is 14.2. The molecule has 0 spiro atoms. The normalized spacial score (nSPS) is 15.7. The summed E-state index contributed by atoms with van der Waals surface area (Å²) in [6.07, 6.45) is 4.29. The molecule has 7 heteroatoms. The Morgan fingerprint density at radius 2 is 2.00 bits per heavy atom. The van der Waals surface area contributed by atoms with E-state index in [1.807, 2.05) is 0 Å². The number of carbonyl (C=O) groups is 2. The van der Waals surface area contributed by atoms with Crippen molar-refractivity contribution in [2.24, 2.45) is 0 Å². The van der Waals surface area contributed by atoms with Crippen LogP contribution in [-0.2, 0) is 16.1 Å². The van der Waals surface area contributed by atoms with Gasteiger partial charge in [-0.2, -0.15) is 0 Å². The Morgan fingerprint density at radius 1 is 1.20 bits per heavy atom. The number of likely N-dealkylation sites (N-methyl/N-ethyl adjacent to an activating group) is 1. The van der Waals surface area contributed by atoms with Crippen LogP contribution in [-0.4, -0.2) is 58.3 Å². The Morgan fingerprint density at radius 3 is 2.65 bits per heavy atom. The molecule has 7 nitrogen and oxygen atoms in total. The van der Waals surface area contributed by atoms with E-state index in [9.17, 15) is 9.59 Å². The Hall–Kier alpha value is -2.18. The zero-order chi connectivity index (χ0) is 14.5. The van der Waals surface area contributed by atoms with Gasteiger partial charge in [0.05, 0.1) is 24.6 Å². The molecule has 1 saturated heterocycles. The summed E-state index contributed by atoms with van der Waals surface area (Å²) in [6, 6.07) is 0. The minimum Gasteiger partial charge on any atom is -0.369 e. The van der Waals surface area contributed by atoms with E-state index in [1.54, 1.807) is 19.4 Å². The van der Waals surface area contributed by atoms with E-state index in [-0.39, 0.29) is 0 Å². The van der Waals surface area contributed by atoms with Gasteiger partial charge >= 0.3 is 11.8 Å². The fourth-order valence-electron chi connectivity index (χ4n) is 1.90. The minimum atomic E-state index is -0.478. The van der Waals surface area contributed by atoms with Gasteiger partial charge in [-0.1, -0.05) is 6.92 Å². The van der Waals surface area contributed by atoms with E-state index in [2.05, 4.69) is 22.2 Å². The summed E-state index contributed by atoms with van der Waals surface area (Å²) >= 11 is 0. The SMILES string of the molecule is CCCNc1cnc(CN2CCN(C)C(=O)C2=O)cn1. The minimum absolute atomic E-state index is 0.319. The monoisotopic (exact) mass is 277 g/mol. The van der Waals surface area contributed by atoms with E-state index >= 15 is 0 Å². The topological polar surface area (TPSA) is 78.4 Å². The molecule has 1 aliphatic rings. The van der Waals surface area contributed by atoms with Crippen LogP contribution in [0.15, 0.2) is 12.4 Å². The van der Waals surface area contributed by atoms with Gasteiger partial charge in [0, 0.05) is 26.7 Å². The molecule has 2 amide bonds. The average molecular weight is 277 g/mol. The number of piperazine rings is 1. The maximum atomic E-state index is 11.8. The first-order chi connectivity index (χ1) is 9.61. The number of carbonyl (C=O) groups excluding carboxylic acids is 2. The summed E-state index contributed by atoms with van der Waals surface area (Å²) in [5, 5.41) is 3.13. The van der Waals surface area contributed by atoms with Crippen molar-refractivity contribution in [3.8, 4) is 0 Å². The number of nitrogens with one attached hydrogen (secondary N) is 1. The summed E-state index contributed by atoms with van der Waals surface area (Å²) < 4.78 is 0. The van der Waals surface area contributed by atoms with Crippen molar-refractivity contribution in [2.45, 2.75) is 19.9 Å². The molecule has 1 aromatic heterocycles. The number of aromatic nitrogens is 2.